The summed E-state index contributed by atoms with van der Waals surface area (Å²) in [5.41, 5.74) is 0.525. The minimum Gasteiger partial charge on any atom is -0.221 e. The van der Waals surface area contributed by atoms with E-state index in [0.29, 0.717) is 5.69 Å². The molecule has 0 aliphatic carbocycles. The highest BCUT2D eigenvalue weighted by Gasteiger charge is 2.23. The smallest absolute Gasteiger partial charge is 0.205 e. The number of rotatable bonds is 5. The zero-order chi connectivity index (χ0) is 13.6. The van der Waals surface area contributed by atoms with E-state index in [9.17, 15) is 8.42 Å². The Bertz CT molecular complexity index is 637. The van der Waals surface area contributed by atoms with Gasteiger partial charge in [-0.2, -0.15) is 4.99 Å². The highest BCUT2D eigenvalue weighted by atomic mass is 32.2. The molecule has 0 aromatic heterocycles. The van der Waals surface area contributed by atoms with E-state index in [1.54, 1.807) is 0 Å². The quantitative estimate of drug-likeness (QED) is 0.476. The molecule has 0 spiro atoms. The summed E-state index contributed by atoms with van der Waals surface area (Å²) in [4.78, 5) is 7.39. The molecule has 4 nitrogen and oxygen atoms in total. The molecule has 0 amide bonds. The van der Waals surface area contributed by atoms with Crippen molar-refractivity contribution in [1.29, 1.82) is 0 Å². The van der Waals surface area contributed by atoms with Gasteiger partial charge in [-0.15, -0.1) is 0 Å². The minimum atomic E-state index is -3.65. The lowest BCUT2D eigenvalue weighted by molar-refractivity contribution is 0.590. The Kier molecular flexibility index (Phi) is 5.22. The maximum atomic E-state index is 12.1. The fourth-order valence-electron chi connectivity index (χ4n) is 1.20. The number of thiocarbonyl (C=S) groups is 2. The number of nitrogens with zero attached hydrogens (tertiary/aromatic N) is 2. The molecule has 18 heavy (non-hydrogen) atoms. The Balaban J connectivity index is 3.23. The van der Waals surface area contributed by atoms with Crippen LogP contribution in [0, 0.1) is 0 Å². The first-order valence-electron chi connectivity index (χ1n) is 4.67. The Morgan fingerprint density at radius 3 is 2.28 bits per heavy atom. The van der Waals surface area contributed by atoms with Crippen molar-refractivity contribution in [2.45, 2.75) is 10.3 Å². The van der Waals surface area contributed by atoms with Crippen LogP contribution in [0.2, 0.25) is 0 Å². The van der Waals surface area contributed by atoms with Crippen molar-refractivity contribution >= 4 is 50.3 Å². The molecule has 1 rings (SSSR count). The first-order valence-corrected chi connectivity index (χ1v) is 7.04. The molecule has 0 N–H and O–H groups in total. The fraction of sp³-hybridized carbons (Fsp3) is 0.0909. The van der Waals surface area contributed by atoms with Crippen LogP contribution < -0.4 is 0 Å². The van der Waals surface area contributed by atoms with Gasteiger partial charge in [0.15, 0.2) is 5.37 Å². The normalized spacial score (nSPS) is 11.8. The van der Waals surface area contributed by atoms with Crippen molar-refractivity contribution in [2.24, 2.45) is 9.98 Å². The number of hydrogen-bond donors (Lipinski definition) is 0. The summed E-state index contributed by atoms with van der Waals surface area (Å²) in [6.07, 6.45) is 1.19. The third-order valence-corrected chi connectivity index (χ3v) is 4.10. The maximum Gasteiger partial charge on any atom is 0.205 e. The predicted molar refractivity (Wildman–Crippen MR) is 77.3 cm³/mol. The molecule has 0 aliphatic heterocycles. The first kappa shape index (κ1) is 14.6. The van der Waals surface area contributed by atoms with Crippen molar-refractivity contribution in [3.05, 3.63) is 36.9 Å². The second-order valence-electron chi connectivity index (χ2n) is 3.09. The molecular formula is C11H8N2O2S3. The lowest BCUT2D eigenvalue weighted by Crippen LogP contribution is -2.16. The van der Waals surface area contributed by atoms with Gasteiger partial charge in [-0.3, -0.25) is 0 Å². The molecule has 0 bridgehead atoms. The van der Waals surface area contributed by atoms with Gasteiger partial charge in [0.25, 0.3) is 0 Å². The summed E-state index contributed by atoms with van der Waals surface area (Å²) in [5.74, 6) is 0. The number of benzene rings is 1. The van der Waals surface area contributed by atoms with Gasteiger partial charge in [0, 0.05) is 0 Å². The molecular weight excluding hydrogens is 288 g/mol. The monoisotopic (exact) mass is 296 g/mol. The lowest BCUT2D eigenvalue weighted by atomic mass is 10.3. The zero-order valence-corrected chi connectivity index (χ0v) is 11.6. The van der Waals surface area contributed by atoms with Gasteiger partial charge in [-0.05, 0) is 48.7 Å². The van der Waals surface area contributed by atoms with E-state index in [-0.39, 0.29) is 4.90 Å². The molecule has 1 aromatic rings. The summed E-state index contributed by atoms with van der Waals surface area (Å²) < 4.78 is 24.2. The average Bonchev–Trinajstić information content (AvgIpc) is 2.36. The van der Waals surface area contributed by atoms with E-state index >= 15 is 0 Å². The summed E-state index contributed by atoms with van der Waals surface area (Å²) in [5, 5.41) is 3.11. The van der Waals surface area contributed by atoms with Crippen molar-refractivity contribution in [3.8, 4) is 0 Å². The summed E-state index contributed by atoms with van der Waals surface area (Å²) in [7, 11) is -3.65. The first-order chi connectivity index (χ1) is 8.56. The summed E-state index contributed by atoms with van der Waals surface area (Å²) in [6.45, 7) is 3.42. The fourth-order valence-corrected chi connectivity index (χ4v) is 2.73. The van der Waals surface area contributed by atoms with Gasteiger partial charge in [-0.25, -0.2) is 13.4 Å². The highest BCUT2D eigenvalue weighted by molar-refractivity contribution is 7.92. The molecule has 0 saturated carbocycles. The average molecular weight is 296 g/mol. The maximum absolute atomic E-state index is 12.1. The van der Waals surface area contributed by atoms with Crippen LogP contribution in [0.1, 0.15) is 0 Å². The SMILES string of the molecule is C=CC(N=C=S)S(=O)(=O)c1ccc(N=C=S)cc1. The van der Waals surface area contributed by atoms with Crippen LogP contribution in [0.15, 0.2) is 51.8 Å². The van der Waals surface area contributed by atoms with Crippen molar-refractivity contribution in [1.82, 2.24) is 0 Å². The molecule has 0 aliphatic rings. The van der Waals surface area contributed by atoms with Crippen LogP contribution >= 0.6 is 24.4 Å². The van der Waals surface area contributed by atoms with Crippen LogP contribution in [0.3, 0.4) is 0 Å². The second-order valence-corrected chi connectivity index (χ2v) is 5.50. The van der Waals surface area contributed by atoms with E-state index in [4.69, 9.17) is 0 Å². The molecule has 1 atom stereocenters. The number of isothiocyanates is 2. The summed E-state index contributed by atoms with van der Waals surface area (Å²) in [6, 6.07) is 5.87. The topological polar surface area (TPSA) is 58.9 Å². The van der Waals surface area contributed by atoms with E-state index in [0.717, 1.165) is 0 Å². The minimum absolute atomic E-state index is 0.102. The molecule has 0 saturated heterocycles. The predicted octanol–water partition coefficient (Wildman–Crippen LogP) is 2.81. The standard InChI is InChI=1S/C11H8N2O2S3/c1-2-11(13-8-17)18(14,15)10-5-3-9(4-6-10)12-7-16/h2-6,11H,1H2. The number of hydrogen-bond acceptors (Lipinski definition) is 6. The Labute approximate surface area is 116 Å². The van der Waals surface area contributed by atoms with E-state index in [2.05, 4.69) is 46.2 Å². The molecule has 92 valence electrons. The third kappa shape index (κ3) is 3.26. The van der Waals surface area contributed by atoms with Crippen LogP contribution in [-0.4, -0.2) is 24.1 Å². The van der Waals surface area contributed by atoms with E-state index < -0.39 is 15.2 Å². The van der Waals surface area contributed by atoms with Crippen LogP contribution in [0.4, 0.5) is 5.69 Å². The highest BCUT2D eigenvalue weighted by Crippen LogP contribution is 2.21. The number of aliphatic imine (C=N–C) groups is 2. The van der Waals surface area contributed by atoms with Gasteiger partial charge in [0.2, 0.25) is 9.84 Å². The van der Waals surface area contributed by atoms with Gasteiger partial charge in [0.05, 0.1) is 20.9 Å². The number of sulfone groups is 1. The van der Waals surface area contributed by atoms with Crippen molar-refractivity contribution in [3.63, 3.8) is 0 Å². The largest absolute Gasteiger partial charge is 0.221 e. The second kappa shape index (κ2) is 6.44. The van der Waals surface area contributed by atoms with Gasteiger partial charge >= 0.3 is 0 Å². The molecule has 0 radical (unpaired) electrons. The van der Waals surface area contributed by atoms with Crippen LogP contribution in [-0.2, 0) is 9.84 Å². The molecule has 1 unspecified atom stereocenters. The van der Waals surface area contributed by atoms with Crippen molar-refractivity contribution in [2.75, 3.05) is 0 Å². The molecule has 7 heteroatoms. The third-order valence-electron chi connectivity index (χ3n) is 2.04. The van der Waals surface area contributed by atoms with Gasteiger partial charge < -0.3 is 0 Å². The van der Waals surface area contributed by atoms with Gasteiger partial charge in [0.1, 0.15) is 0 Å². The lowest BCUT2D eigenvalue weighted by Gasteiger charge is -2.07. The van der Waals surface area contributed by atoms with Crippen LogP contribution in [0.25, 0.3) is 0 Å². The van der Waals surface area contributed by atoms with Crippen molar-refractivity contribution < 1.29 is 8.42 Å². The Morgan fingerprint density at radius 1 is 1.22 bits per heavy atom. The zero-order valence-electron chi connectivity index (χ0n) is 9.11. The van der Waals surface area contributed by atoms with Crippen LogP contribution in [0.5, 0.6) is 0 Å². The molecule has 0 heterocycles. The van der Waals surface area contributed by atoms with Gasteiger partial charge in [-0.1, -0.05) is 12.7 Å². The summed E-state index contributed by atoms with van der Waals surface area (Å²) >= 11 is 8.86. The van der Waals surface area contributed by atoms with E-state index in [1.807, 2.05) is 5.16 Å². The van der Waals surface area contributed by atoms with E-state index in [1.165, 1.54) is 30.3 Å². The molecule has 1 aromatic carbocycles. The Hall–Kier alpha value is -1.49. The Morgan fingerprint density at radius 2 is 1.83 bits per heavy atom. The molecule has 0 fully saturated rings.